The number of morpholine rings is 1. The number of aryl methyl sites for hydroxylation is 1. The van der Waals surface area contributed by atoms with Crippen LogP contribution in [0.4, 0.5) is 8.78 Å². The molecule has 7 heteroatoms. The van der Waals surface area contributed by atoms with Crippen LogP contribution >= 0.6 is 0 Å². The number of hydrogen-bond acceptors (Lipinski definition) is 3. The molecule has 0 bridgehead atoms. The molecule has 1 saturated heterocycles. The van der Waals surface area contributed by atoms with Gasteiger partial charge >= 0.3 is 0 Å². The van der Waals surface area contributed by atoms with Gasteiger partial charge in [0.1, 0.15) is 5.65 Å². The fourth-order valence-corrected chi connectivity index (χ4v) is 3.27. The molecule has 24 heavy (non-hydrogen) atoms. The Labute approximate surface area is 139 Å². The van der Waals surface area contributed by atoms with E-state index in [9.17, 15) is 13.6 Å². The van der Waals surface area contributed by atoms with Gasteiger partial charge in [-0.25, -0.2) is 13.8 Å². The lowest BCUT2D eigenvalue weighted by molar-refractivity contribution is -0.143. The summed E-state index contributed by atoms with van der Waals surface area (Å²) in [5.74, 6) is -0.0463. The van der Waals surface area contributed by atoms with E-state index in [4.69, 9.17) is 4.74 Å². The third-order valence-corrected chi connectivity index (χ3v) is 4.23. The second kappa shape index (κ2) is 6.84. The average molecular weight is 337 g/mol. The second-order valence-electron chi connectivity index (χ2n) is 6.24. The second-order valence-corrected chi connectivity index (χ2v) is 6.24. The molecule has 1 aliphatic heterocycles. The Hall–Kier alpha value is -2.02. The SMILES string of the molecule is C[C@@H]1CN(C(=O)CCn2c(C(F)F)cc3cccnc32)C[C@H](C)O1. The maximum atomic E-state index is 13.3. The summed E-state index contributed by atoms with van der Waals surface area (Å²) >= 11 is 0. The number of amides is 1. The normalized spacial score (nSPS) is 21.6. The Kier molecular flexibility index (Phi) is 4.80. The number of ether oxygens (including phenoxy) is 1. The van der Waals surface area contributed by atoms with Crippen LogP contribution in [0.5, 0.6) is 0 Å². The Morgan fingerprint density at radius 2 is 2.08 bits per heavy atom. The van der Waals surface area contributed by atoms with Crippen LogP contribution in [0.3, 0.4) is 0 Å². The van der Waals surface area contributed by atoms with Crippen LogP contribution in [0.25, 0.3) is 11.0 Å². The summed E-state index contributed by atoms with van der Waals surface area (Å²) in [6.07, 6.45) is -0.884. The maximum absolute atomic E-state index is 13.3. The number of aromatic nitrogens is 2. The molecule has 0 saturated carbocycles. The van der Waals surface area contributed by atoms with Crippen molar-refractivity contribution in [1.29, 1.82) is 0 Å². The Bertz CT molecular complexity index is 722. The lowest BCUT2D eigenvalue weighted by atomic mass is 10.2. The smallest absolute Gasteiger partial charge is 0.278 e. The van der Waals surface area contributed by atoms with Crippen molar-refractivity contribution in [3.8, 4) is 0 Å². The van der Waals surface area contributed by atoms with Gasteiger partial charge < -0.3 is 14.2 Å². The van der Waals surface area contributed by atoms with Crippen LogP contribution < -0.4 is 0 Å². The molecular weight excluding hydrogens is 316 g/mol. The number of carbonyl (C=O) groups excluding carboxylic acids is 1. The summed E-state index contributed by atoms with van der Waals surface area (Å²) in [4.78, 5) is 18.4. The van der Waals surface area contributed by atoms with E-state index in [1.165, 1.54) is 10.6 Å². The van der Waals surface area contributed by atoms with Gasteiger partial charge in [0.05, 0.1) is 17.9 Å². The highest BCUT2D eigenvalue weighted by Crippen LogP contribution is 2.26. The van der Waals surface area contributed by atoms with Crippen molar-refractivity contribution in [3.63, 3.8) is 0 Å². The summed E-state index contributed by atoms with van der Waals surface area (Å²) in [5, 5.41) is 0.661. The molecule has 0 spiro atoms. The molecule has 2 atom stereocenters. The number of pyridine rings is 1. The first-order chi connectivity index (χ1) is 11.5. The average Bonchev–Trinajstić information content (AvgIpc) is 2.90. The molecule has 1 amide bonds. The fraction of sp³-hybridized carbons (Fsp3) is 0.529. The highest BCUT2D eigenvalue weighted by Gasteiger charge is 2.26. The topological polar surface area (TPSA) is 47.4 Å². The van der Waals surface area contributed by atoms with Gasteiger partial charge in [-0.3, -0.25) is 4.79 Å². The zero-order valence-electron chi connectivity index (χ0n) is 13.8. The molecule has 1 aliphatic rings. The summed E-state index contributed by atoms with van der Waals surface area (Å²) < 4.78 is 33.6. The van der Waals surface area contributed by atoms with Gasteiger partial charge in [-0.05, 0) is 32.0 Å². The molecule has 0 aromatic carbocycles. The molecule has 130 valence electrons. The molecular formula is C17H21F2N3O2. The van der Waals surface area contributed by atoms with E-state index < -0.39 is 6.43 Å². The monoisotopic (exact) mass is 337 g/mol. The van der Waals surface area contributed by atoms with Crippen molar-refractivity contribution in [3.05, 3.63) is 30.1 Å². The van der Waals surface area contributed by atoms with Crippen LogP contribution in [0, 0.1) is 0 Å². The molecule has 2 aromatic heterocycles. The minimum atomic E-state index is -2.60. The van der Waals surface area contributed by atoms with Crippen LogP contribution in [0.1, 0.15) is 32.4 Å². The number of halogens is 2. The Morgan fingerprint density at radius 1 is 1.38 bits per heavy atom. The number of fused-ring (bicyclic) bond motifs is 1. The lowest BCUT2D eigenvalue weighted by Gasteiger charge is -2.35. The van der Waals surface area contributed by atoms with Gasteiger partial charge in [-0.2, -0.15) is 0 Å². The molecule has 3 heterocycles. The van der Waals surface area contributed by atoms with Gasteiger partial charge in [-0.15, -0.1) is 0 Å². The molecule has 3 rings (SSSR count). The first-order valence-electron chi connectivity index (χ1n) is 8.11. The first-order valence-corrected chi connectivity index (χ1v) is 8.11. The quantitative estimate of drug-likeness (QED) is 0.862. The number of carbonyl (C=O) groups is 1. The predicted octanol–water partition coefficient (Wildman–Crippen LogP) is 3.00. The number of alkyl halides is 2. The van der Waals surface area contributed by atoms with Gasteiger partial charge in [-0.1, -0.05) is 0 Å². The van der Waals surface area contributed by atoms with Crippen LogP contribution in [0.15, 0.2) is 24.4 Å². The van der Waals surface area contributed by atoms with E-state index in [0.717, 1.165) is 0 Å². The minimum Gasteiger partial charge on any atom is -0.372 e. The molecule has 5 nitrogen and oxygen atoms in total. The molecule has 2 aromatic rings. The highest BCUT2D eigenvalue weighted by atomic mass is 19.3. The zero-order chi connectivity index (χ0) is 17.3. The van der Waals surface area contributed by atoms with Crippen molar-refractivity contribution < 1.29 is 18.3 Å². The summed E-state index contributed by atoms with van der Waals surface area (Å²) in [5.41, 5.74) is 0.393. The number of nitrogens with zero attached hydrogens (tertiary/aromatic N) is 3. The standard InChI is InChI=1S/C17H21F2N3O2/c1-11-9-21(10-12(2)24-11)15(23)5-7-22-14(16(18)19)8-13-4-3-6-20-17(13)22/h3-4,6,8,11-12,16H,5,7,9-10H2,1-2H3/t11-,12+. The largest absolute Gasteiger partial charge is 0.372 e. The van der Waals surface area contributed by atoms with Crippen molar-refractivity contribution in [1.82, 2.24) is 14.5 Å². The van der Waals surface area contributed by atoms with Crippen molar-refractivity contribution in [2.45, 2.75) is 45.4 Å². The highest BCUT2D eigenvalue weighted by molar-refractivity contribution is 5.79. The summed E-state index contributed by atoms with van der Waals surface area (Å²) in [6.45, 7) is 5.12. The van der Waals surface area contributed by atoms with E-state index in [2.05, 4.69) is 4.98 Å². The van der Waals surface area contributed by atoms with Crippen molar-refractivity contribution in [2.75, 3.05) is 13.1 Å². The molecule has 0 unspecified atom stereocenters. The van der Waals surface area contributed by atoms with E-state index in [1.807, 2.05) is 13.8 Å². The number of rotatable bonds is 4. The van der Waals surface area contributed by atoms with Gasteiger partial charge in [0, 0.05) is 37.6 Å². The van der Waals surface area contributed by atoms with Crippen molar-refractivity contribution in [2.24, 2.45) is 0 Å². The zero-order valence-corrected chi connectivity index (χ0v) is 13.8. The molecule has 0 aliphatic carbocycles. The first kappa shape index (κ1) is 16.8. The molecule has 0 radical (unpaired) electrons. The van der Waals surface area contributed by atoms with Crippen LogP contribution in [-0.2, 0) is 16.1 Å². The maximum Gasteiger partial charge on any atom is 0.278 e. The van der Waals surface area contributed by atoms with Crippen molar-refractivity contribution >= 4 is 16.9 Å². The third kappa shape index (κ3) is 3.40. The molecule has 1 fully saturated rings. The van der Waals surface area contributed by atoms with Gasteiger partial charge in [0.25, 0.3) is 6.43 Å². The molecule has 0 N–H and O–H groups in total. The van der Waals surface area contributed by atoms with E-state index in [1.54, 1.807) is 23.2 Å². The van der Waals surface area contributed by atoms with Gasteiger partial charge in [0.2, 0.25) is 5.91 Å². The van der Waals surface area contributed by atoms with Gasteiger partial charge in [0.15, 0.2) is 0 Å². The lowest BCUT2D eigenvalue weighted by Crippen LogP contribution is -2.48. The van der Waals surface area contributed by atoms with E-state index in [0.29, 0.717) is 24.1 Å². The van der Waals surface area contributed by atoms with E-state index in [-0.39, 0.29) is 36.8 Å². The van der Waals surface area contributed by atoms with Crippen LogP contribution in [0.2, 0.25) is 0 Å². The fourth-order valence-electron chi connectivity index (χ4n) is 3.27. The summed E-state index contributed by atoms with van der Waals surface area (Å²) in [6, 6.07) is 4.90. The van der Waals surface area contributed by atoms with Crippen LogP contribution in [-0.4, -0.2) is 45.7 Å². The Morgan fingerprint density at radius 3 is 2.75 bits per heavy atom. The number of hydrogen-bond donors (Lipinski definition) is 0. The predicted molar refractivity (Wildman–Crippen MR) is 85.9 cm³/mol. The summed E-state index contributed by atoms with van der Waals surface area (Å²) in [7, 11) is 0. The van der Waals surface area contributed by atoms with E-state index >= 15 is 0 Å². The minimum absolute atomic E-state index is 0.0107. The Balaban J connectivity index is 1.75. The third-order valence-electron chi connectivity index (χ3n) is 4.23.